The van der Waals surface area contributed by atoms with Crippen molar-refractivity contribution in [2.45, 2.75) is 33.1 Å². The minimum absolute atomic E-state index is 0.215. The summed E-state index contributed by atoms with van der Waals surface area (Å²) in [6.45, 7) is 3.83. The van der Waals surface area contributed by atoms with Gasteiger partial charge in [-0.1, -0.05) is 62.4 Å². The van der Waals surface area contributed by atoms with Crippen LogP contribution in [0.2, 0.25) is 0 Å². The third-order valence-corrected chi connectivity index (χ3v) is 4.65. The number of rotatable bonds is 4. The van der Waals surface area contributed by atoms with Crippen molar-refractivity contribution in [3.8, 4) is 23.0 Å². The van der Waals surface area contributed by atoms with Crippen LogP contribution in [0.4, 0.5) is 13.2 Å². The predicted octanol–water partition coefficient (Wildman–Crippen LogP) is 6.69. The van der Waals surface area contributed by atoms with Crippen molar-refractivity contribution in [2.75, 3.05) is 0 Å². The second-order valence-electron chi connectivity index (χ2n) is 6.65. The van der Waals surface area contributed by atoms with E-state index in [0.29, 0.717) is 28.7 Å². The zero-order chi connectivity index (χ0) is 20.1. The quantitative estimate of drug-likeness (QED) is 0.444. The van der Waals surface area contributed by atoms with E-state index < -0.39 is 11.6 Å². The molecule has 0 radical (unpaired) electrons. The number of hydrogen-bond donors (Lipinski definition) is 0. The largest absolute Gasteiger partial charge is 0.206 e. The molecule has 0 aliphatic rings. The summed E-state index contributed by atoms with van der Waals surface area (Å²) in [7, 11) is 0. The zero-order valence-electron chi connectivity index (χ0n) is 16.0. The fourth-order valence-corrected chi connectivity index (χ4v) is 3.06. The first-order valence-electron chi connectivity index (χ1n) is 9.41. The summed E-state index contributed by atoms with van der Waals surface area (Å²) in [5, 5.41) is 0. The van der Waals surface area contributed by atoms with Gasteiger partial charge in [-0.25, -0.2) is 13.2 Å². The molecule has 3 aromatic rings. The summed E-state index contributed by atoms with van der Waals surface area (Å²) >= 11 is 0. The minimum atomic E-state index is -0.840. The molecule has 3 heteroatoms. The maximum Gasteiger partial charge on any atom is 0.166 e. The van der Waals surface area contributed by atoms with Crippen LogP contribution in [0.5, 0.6) is 0 Å². The Balaban J connectivity index is 1.83. The first kappa shape index (κ1) is 19.8. The fraction of sp³-hybridized carbons (Fsp3) is 0.200. The molecule has 0 spiro atoms. The lowest BCUT2D eigenvalue weighted by Gasteiger charge is -2.07. The average molecular weight is 378 g/mol. The van der Waals surface area contributed by atoms with Crippen molar-refractivity contribution >= 4 is 0 Å². The van der Waals surface area contributed by atoms with Crippen LogP contribution in [0.25, 0.3) is 11.1 Å². The lowest BCUT2D eigenvalue weighted by molar-refractivity contribution is 0.502. The number of halogens is 3. The third kappa shape index (κ3) is 4.28. The average Bonchev–Trinajstić information content (AvgIpc) is 2.70. The van der Waals surface area contributed by atoms with Crippen LogP contribution in [0.3, 0.4) is 0 Å². The standard InChI is InChI=1S/C25H21F3/c1-3-5-18-9-13-21(23(26)16-18)12-8-17-6-10-20(11-7-17)22-15-14-19(4-2)24(27)25(22)28/h6-7,9-11,13-16H,3-5H2,1-2H3. The zero-order valence-corrected chi connectivity index (χ0v) is 16.0. The summed E-state index contributed by atoms with van der Waals surface area (Å²) in [6.07, 6.45) is 2.23. The van der Waals surface area contributed by atoms with Crippen LogP contribution in [-0.2, 0) is 12.8 Å². The highest BCUT2D eigenvalue weighted by Gasteiger charge is 2.13. The summed E-state index contributed by atoms with van der Waals surface area (Å²) < 4.78 is 42.4. The van der Waals surface area contributed by atoms with Gasteiger partial charge in [0, 0.05) is 11.1 Å². The van der Waals surface area contributed by atoms with Gasteiger partial charge >= 0.3 is 0 Å². The molecular formula is C25H21F3. The second-order valence-corrected chi connectivity index (χ2v) is 6.65. The highest BCUT2D eigenvalue weighted by Crippen LogP contribution is 2.27. The topological polar surface area (TPSA) is 0 Å². The Morgan fingerprint density at radius 1 is 0.786 bits per heavy atom. The Morgan fingerprint density at radius 2 is 1.54 bits per heavy atom. The van der Waals surface area contributed by atoms with Crippen LogP contribution < -0.4 is 0 Å². The molecule has 0 aliphatic heterocycles. The first-order valence-corrected chi connectivity index (χ1v) is 9.41. The second kappa shape index (κ2) is 8.80. The minimum Gasteiger partial charge on any atom is -0.206 e. The molecule has 0 bridgehead atoms. The monoisotopic (exact) mass is 378 g/mol. The van der Waals surface area contributed by atoms with Crippen molar-refractivity contribution in [2.24, 2.45) is 0 Å². The van der Waals surface area contributed by atoms with Crippen LogP contribution in [-0.4, -0.2) is 0 Å². The smallest absolute Gasteiger partial charge is 0.166 e. The Labute approximate surface area is 164 Å². The van der Waals surface area contributed by atoms with E-state index in [-0.39, 0.29) is 11.4 Å². The molecule has 0 saturated heterocycles. The van der Waals surface area contributed by atoms with Crippen molar-refractivity contribution < 1.29 is 13.2 Å². The SMILES string of the molecule is CCCc1ccc(C#Cc2ccc(-c3ccc(CC)c(F)c3F)cc2)c(F)c1. The van der Waals surface area contributed by atoms with Crippen molar-refractivity contribution in [1.29, 1.82) is 0 Å². The van der Waals surface area contributed by atoms with Gasteiger partial charge in [-0.15, -0.1) is 0 Å². The fourth-order valence-electron chi connectivity index (χ4n) is 3.06. The first-order chi connectivity index (χ1) is 13.5. The molecular weight excluding hydrogens is 357 g/mol. The molecule has 0 nitrogen and oxygen atoms in total. The van der Waals surface area contributed by atoms with E-state index in [4.69, 9.17) is 0 Å². The van der Waals surface area contributed by atoms with Gasteiger partial charge in [0.05, 0.1) is 5.56 Å². The van der Waals surface area contributed by atoms with E-state index in [1.807, 2.05) is 13.0 Å². The molecule has 28 heavy (non-hydrogen) atoms. The van der Waals surface area contributed by atoms with Gasteiger partial charge in [0.25, 0.3) is 0 Å². The maximum atomic E-state index is 14.3. The predicted molar refractivity (Wildman–Crippen MR) is 108 cm³/mol. The van der Waals surface area contributed by atoms with Crippen molar-refractivity contribution in [3.05, 3.63) is 94.3 Å². The van der Waals surface area contributed by atoms with Gasteiger partial charge in [-0.2, -0.15) is 0 Å². The van der Waals surface area contributed by atoms with Crippen molar-refractivity contribution in [3.63, 3.8) is 0 Å². The van der Waals surface area contributed by atoms with E-state index in [2.05, 4.69) is 11.8 Å². The van der Waals surface area contributed by atoms with Gasteiger partial charge in [0.2, 0.25) is 0 Å². The third-order valence-electron chi connectivity index (χ3n) is 4.65. The number of benzene rings is 3. The summed E-state index contributed by atoms with van der Waals surface area (Å²) in [5.41, 5.74) is 3.11. The summed E-state index contributed by atoms with van der Waals surface area (Å²) in [6, 6.07) is 15.1. The van der Waals surface area contributed by atoms with E-state index >= 15 is 0 Å². The Bertz CT molecular complexity index is 1040. The molecule has 0 unspecified atom stereocenters. The summed E-state index contributed by atoms with van der Waals surface area (Å²) in [4.78, 5) is 0. The Kier molecular flexibility index (Phi) is 6.21. The molecule has 0 fully saturated rings. The van der Waals surface area contributed by atoms with Crippen LogP contribution in [0.15, 0.2) is 54.6 Å². The van der Waals surface area contributed by atoms with E-state index in [0.717, 1.165) is 18.4 Å². The van der Waals surface area contributed by atoms with E-state index in [9.17, 15) is 13.2 Å². The molecule has 0 heterocycles. The van der Waals surface area contributed by atoms with Gasteiger partial charge in [0.15, 0.2) is 11.6 Å². The van der Waals surface area contributed by atoms with Gasteiger partial charge < -0.3 is 0 Å². The lowest BCUT2D eigenvalue weighted by atomic mass is 10.0. The van der Waals surface area contributed by atoms with Crippen molar-refractivity contribution in [1.82, 2.24) is 0 Å². The molecule has 0 amide bonds. The Hall–Kier alpha value is -2.99. The molecule has 0 aromatic heterocycles. The van der Waals surface area contributed by atoms with Gasteiger partial charge in [0.1, 0.15) is 5.82 Å². The van der Waals surface area contributed by atoms with Gasteiger partial charge in [-0.05, 0) is 53.8 Å². The normalized spacial score (nSPS) is 10.5. The lowest BCUT2D eigenvalue weighted by Crippen LogP contribution is -1.95. The molecule has 0 N–H and O–H groups in total. The number of aryl methyl sites for hydroxylation is 2. The molecule has 142 valence electrons. The summed E-state index contributed by atoms with van der Waals surface area (Å²) in [5.74, 6) is 3.78. The van der Waals surface area contributed by atoms with Crippen LogP contribution in [0.1, 0.15) is 42.5 Å². The Morgan fingerprint density at radius 3 is 2.18 bits per heavy atom. The van der Waals surface area contributed by atoms with E-state index in [1.54, 1.807) is 49.4 Å². The molecule has 0 saturated carbocycles. The maximum absolute atomic E-state index is 14.3. The number of hydrogen-bond acceptors (Lipinski definition) is 0. The molecule has 3 rings (SSSR count). The molecule has 3 aromatic carbocycles. The highest BCUT2D eigenvalue weighted by molar-refractivity contribution is 5.66. The van der Waals surface area contributed by atoms with Gasteiger partial charge in [-0.3, -0.25) is 0 Å². The molecule has 0 atom stereocenters. The van der Waals surface area contributed by atoms with E-state index in [1.165, 1.54) is 6.07 Å². The highest BCUT2D eigenvalue weighted by atomic mass is 19.2. The van der Waals surface area contributed by atoms with Crippen LogP contribution >= 0.6 is 0 Å². The molecule has 0 aliphatic carbocycles. The van der Waals surface area contributed by atoms with Crippen LogP contribution in [0, 0.1) is 29.3 Å².